The molecule has 1 amide bonds. The van der Waals surface area contributed by atoms with E-state index in [0.29, 0.717) is 12.6 Å². The largest absolute Gasteiger partial charge is 0.368 e. The number of rotatable bonds is 5. The van der Waals surface area contributed by atoms with Crippen LogP contribution in [0.2, 0.25) is 0 Å². The highest BCUT2D eigenvalue weighted by Crippen LogP contribution is 2.20. The molecule has 1 rings (SSSR count). The van der Waals surface area contributed by atoms with Crippen molar-refractivity contribution in [2.45, 2.75) is 51.1 Å². The highest BCUT2D eigenvalue weighted by Gasteiger charge is 2.24. The lowest BCUT2D eigenvalue weighted by Crippen LogP contribution is -2.50. The quantitative estimate of drug-likeness (QED) is 0.696. The molecule has 0 spiro atoms. The van der Waals surface area contributed by atoms with Crippen molar-refractivity contribution in [3.05, 3.63) is 0 Å². The molecular formula is C11H23N3O. The Balaban J connectivity index is 2.45. The molecule has 0 aromatic carbocycles. The van der Waals surface area contributed by atoms with E-state index in [9.17, 15) is 4.79 Å². The molecule has 88 valence electrons. The zero-order valence-electron chi connectivity index (χ0n) is 9.61. The lowest BCUT2D eigenvalue weighted by molar-refractivity contribution is -0.119. The van der Waals surface area contributed by atoms with Gasteiger partial charge in [0.1, 0.15) is 0 Å². The third-order valence-electron chi connectivity index (χ3n) is 3.17. The van der Waals surface area contributed by atoms with Gasteiger partial charge in [0.2, 0.25) is 5.91 Å². The highest BCUT2D eigenvalue weighted by molar-refractivity contribution is 5.79. The molecule has 1 aliphatic rings. The minimum absolute atomic E-state index is 0.393. The average molecular weight is 213 g/mol. The van der Waals surface area contributed by atoms with Crippen molar-refractivity contribution in [3.63, 3.8) is 0 Å². The van der Waals surface area contributed by atoms with Gasteiger partial charge in [-0.1, -0.05) is 19.8 Å². The summed E-state index contributed by atoms with van der Waals surface area (Å²) >= 11 is 0. The summed E-state index contributed by atoms with van der Waals surface area (Å²) in [5, 5.41) is 0. The van der Waals surface area contributed by atoms with Crippen molar-refractivity contribution in [3.8, 4) is 0 Å². The number of nitrogens with zero attached hydrogens (tertiary/aromatic N) is 1. The maximum Gasteiger partial charge on any atom is 0.235 e. The lowest BCUT2D eigenvalue weighted by Gasteiger charge is -2.36. The van der Waals surface area contributed by atoms with Gasteiger partial charge in [-0.15, -0.1) is 0 Å². The predicted octanol–water partition coefficient (Wildman–Crippen LogP) is 0.454. The number of nitrogens with two attached hydrogens (primary N) is 2. The van der Waals surface area contributed by atoms with Gasteiger partial charge in [-0.05, 0) is 25.8 Å². The summed E-state index contributed by atoms with van der Waals surface area (Å²) in [6.07, 6.45) is 6.14. The van der Waals surface area contributed by atoms with Crippen LogP contribution in [0.5, 0.6) is 0 Å². The van der Waals surface area contributed by atoms with E-state index in [2.05, 4.69) is 11.8 Å². The van der Waals surface area contributed by atoms with Gasteiger partial charge in [0.05, 0.1) is 6.04 Å². The van der Waals surface area contributed by atoms with E-state index in [4.69, 9.17) is 11.5 Å². The molecule has 0 radical (unpaired) electrons. The molecule has 1 fully saturated rings. The van der Waals surface area contributed by atoms with Gasteiger partial charge >= 0.3 is 0 Å². The van der Waals surface area contributed by atoms with Gasteiger partial charge < -0.3 is 11.5 Å². The molecule has 1 heterocycles. The normalized spacial score (nSPS) is 25.1. The molecule has 0 aliphatic carbocycles. The first-order valence-electron chi connectivity index (χ1n) is 5.94. The van der Waals surface area contributed by atoms with Crippen molar-refractivity contribution < 1.29 is 4.79 Å². The van der Waals surface area contributed by atoms with E-state index in [0.717, 1.165) is 6.54 Å². The van der Waals surface area contributed by atoms with Gasteiger partial charge in [-0.2, -0.15) is 0 Å². The van der Waals surface area contributed by atoms with E-state index in [1.807, 2.05) is 0 Å². The summed E-state index contributed by atoms with van der Waals surface area (Å²) in [5.41, 5.74) is 10.9. The van der Waals surface area contributed by atoms with E-state index < -0.39 is 11.9 Å². The highest BCUT2D eigenvalue weighted by atomic mass is 16.1. The maximum absolute atomic E-state index is 10.9. The van der Waals surface area contributed by atoms with Gasteiger partial charge in [0.25, 0.3) is 0 Å². The van der Waals surface area contributed by atoms with E-state index in [1.54, 1.807) is 0 Å². The third kappa shape index (κ3) is 3.80. The molecule has 1 aliphatic heterocycles. The third-order valence-corrected chi connectivity index (χ3v) is 3.17. The molecule has 0 aromatic rings. The Kier molecular flexibility index (Phi) is 5.05. The van der Waals surface area contributed by atoms with Crippen molar-refractivity contribution in [2.24, 2.45) is 11.5 Å². The van der Waals surface area contributed by atoms with Crippen LogP contribution >= 0.6 is 0 Å². The van der Waals surface area contributed by atoms with Crippen LogP contribution in [0.3, 0.4) is 0 Å². The fourth-order valence-electron chi connectivity index (χ4n) is 2.30. The van der Waals surface area contributed by atoms with Gasteiger partial charge in [-0.25, -0.2) is 0 Å². The number of hydrogen-bond donors (Lipinski definition) is 2. The molecule has 4 nitrogen and oxygen atoms in total. The Morgan fingerprint density at radius 1 is 1.53 bits per heavy atom. The molecular weight excluding hydrogens is 190 g/mol. The monoisotopic (exact) mass is 213 g/mol. The zero-order chi connectivity index (χ0) is 11.3. The Morgan fingerprint density at radius 2 is 2.27 bits per heavy atom. The Hall–Kier alpha value is -0.610. The summed E-state index contributed by atoms with van der Waals surface area (Å²) in [4.78, 5) is 13.2. The molecule has 0 aromatic heterocycles. The van der Waals surface area contributed by atoms with Crippen LogP contribution in [-0.4, -0.2) is 36.0 Å². The summed E-state index contributed by atoms with van der Waals surface area (Å²) in [5.74, 6) is -0.393. The Bertz CT molecular complexity index is 206. The number of carbonyl (C=O) groups is 1. The fourth-order valence-corrected chi connectivity index (χ4v) is 2.30. The summed E-state index contributed by atoms with van der Waals surface area (Å²) < 4.78 is 0. The first kappa shape index (κ1) is 12.5. The van der Waals surface area contributed by atoms with Crippen molar-refractivity contribution >= 4 is 5.91 Å². The molecule has 0 bridgehead atoms. The second-order valence-corrected chi connectivity index (χ2v) is 4.44. The second kappa shape index (κ2) is 6.08. The van der Waals surface area contributed by atoms with E-state index in [1.165, 1.54) is 32.1 Å². The number of hydrogen-bond acceptors (Lipinski definition) is 3. The molecule has 2 unspecified atom stereocenters. The predicted molar refractivity (Wildman–Crippen MR) is 61.3 cm³/mol. The summed E-state index contributed by atoms with van der Waals surface area (Å²) in [6.45, 7) is 3.88. The number of amides is 1. The van der Waals surface area contributed by atoms with Crippen molar-refractivity contribution in [1.29, 1.82) is 0 Å². The van der Waals surface area contributed by atoms with Crippen LogP contribution < -0.4 is 11.5 Å². The molecule has 0 saturated carbocycles. The second-order valence-electron chi connectivity index (χ2n) is 4.44. The van der Waals surface area contributed by atoms with Crippen molar-refractivity contribution in [2.75, 3.05) is 13.1 Å². The first-order valence-corrected chi connectivity index (χ1v) is 5.94. The molecule has 4 N–H and O–H groups in total. The first-order chi connectivity index (χ1) is 7.15. The number of primary amides is 1. The van der Waals surface area contributed by atoms with Crippen LogP contribution in [-0.2, 0) is 4.79 Å². The van der Waals surface area contributed by atoms with Crippen LogP contribution in [0.15, 0.2) is 0 Å². The maximum atomic E-state index is 10.9. The van der Waals surface area contributed by atoms with Gasteiger partial charge in [0.15, 0.2) is 0 Å². The molecule has 1 saturated heterocycles. The summed E-state index contributed by atoms with van der Waals surface area (Å²) in [6, 6.07) is 0.0941. The Morgan fingerprint density at radius 3 is 2.87 bits per heavy atom. The topological polar surface area (TPSA) is 72.3 Å². The van der Waals surface area contributed by atoms with Gasteiger partial charge in [0, 0.05) is 12.6 Å². The van der Waals surface area contributed by atoms with E-state index >= 15 is 0 Å². The number of piperidine rings is 1. The van der Waals surface area contributed by atoms with Crippen LogP contribution in [0.4, 0.5) is 0 Å². The zero-order valence-corrected chi connectivity index (χ0v) is 9.61. The fraction of sp³-hybridized carbons (Fsp3) is 0.909. The molecule has 15 heavy (non-hydrogen) atoms. The molecule has 2 atom stereocenters. The van der Waals surface area contributed by atoms with E-state index in [-0.39, 0.29) is 0 Å². The van der Waals surface area contributed by atoms with Crippen molar-refractivity contribution in [1.82, 2.24) is 4.90 Å². The minimum Gasteiger partial charge on any atom is -0.368 e. The average Bonchev–Trinajstić information content (AvgIpc) is 2.21. The molecule has 4 heteroatoms. The lowest BCUT2D eigenvalue weighted by atomic mass is 9.97. The van der Waals surface area contributed by atoms with Gasteiger partial charge in [-0.3, -0.25) is 9.69 Å². The smallest absolute Gasteiger partial charge is 0.235 e. The minimum atomic E-state index is -0.512. The summed E-state index contributed by atoms with van der Waals surface area (Å²) in [7, 11) is 0. The van der Waals surface area contributed by atoms with Crippen LogP contribution in [0.25, 0.3) is 0 Å². The number of carbonyl (C=O) groups excluding carboxylic acids is 1. The van der Waals surface area contributed by atoms with Crippen LogP contribution in [0, 0.1) is 0 Å². The van der Waals surface area contributed by atoms with Crippen LogP contribution in [0.1, 0.15) is 39.0 Å². The standard InChI is InChI=1S/C11H23N3O/c1-2-5-9-6-3-4-7-14(9)8-10(12)11(13)15/h9-10H,2-8,12H2,1H3,(H2,13,15). The SMILES string of the molecule is CCCC1CCCCN1CC(N)C(N)=O. The number of likely N-dealkylation sites (tertiary alicyclic amines) is 1. The Labute approximate surface area is 92.0 Å².